The number of phenols is 1. The van der Waals surface area contributed by atoms with Gasteiger partial charge in [0.25, 0.3) is 0 Å². The van der Waals surface area contributed by atoms with E-state index in [1.54, 1.807) is 22.9 Å². The fraction of sp³-hybridized carbons (Fsp3) is 0.806. The first-order valence-corrected chi connectivity index (χ1v) is 16.7. The molecule has 2 aliphatic rings. The third-order valence-corrected chi connectivity index (χ3v) is 9.60. The maximum Gasteiger partial charge on any atom is 0.157 e. The van der Waals surface area contributed by atoms with Gasteiger partial charge in [0, 0.05) is 19.1 Å². The molecule has 42 heavy (non-hydrogen) atoms. The molecule has 5 atom stereocenters. The van der Waals surface area contributed by atoms with E-state index in [4.69, 9.17) is 4.74 Å². The molecule has 2 fully saturated rings. The largest absolute Gasteiger partial charge is 0.508 e. The van der Waals surface area contributed by atoms with Crippen molar-refractivity contribution < 1.29 is 14.6 Å². The van der Waals surface area contributed by atoms with Crippen LogP contribution >= 0.6 is 0 Å². The minimum Gasteiger partial charge on any atom is -0.508 e. The predicted octanol–water partition coefficient (Wildman–Crippen LogP) is 10.3. The van der Waals surface area contributed by atoms with Crippen molar-refractivity contribution in [3.63, 3.8) is 0 Å². The van der Waals surface area contributed by atoms with Crippen LogP contribution in [0.4, 0.5) is 0 Å². The summed E-state index contributed by atoms with van der Waals surface area (Å²) >= 11 is 0. The monoisotopic (exact) mass is 590 g/mol. The zero-order chi connectivity index (χ0) is 31.1. The Morgan fingerprint density at radius 1 is 1.07 bits per heavy atom. The Morgan fingerprint density at radius 2 is 1.76 bits per heavy atom. The Hall–Kier alpha value is -1.95. The van der Waals surface area contributed by atoms with E-state index < -0.39 is 0 Å². The van der Waals surface area contributed by atoms with Crippen molar-refractivity contribution in [2.24, 2.45) is 28.6 Å². The van der Waals surface area contributed by atoms with Crippen LogP contribution in [-0.4, -0.2) is 39.6 Å². The number of benzene rings is 1. The minimum absolute atomic E-state index is 0. The Morgan fingerprint density at radius 3 is 2.38 bits per heavy atom. The minimum atomic E-state index is 0. The third-order valence-electron chi connectivity index (χ3n) is 9.60. The molecule has 4 rings (SSSR count). The molecular formula is C36H67N3O3. The van der Waals surface area contributed by atoms with Crippen LogP contribution in [0.25, 0.3) is 11.0 Å². The summed E-state index contributed by atoms with van der Waals surface area (Å²) in [7, 11) is 1.82. The first kappa shape index (κ1) is 40.1. The molecule has 0 amide bonds. The standard InChI is InChI=1S/C20H29N3O2.C11H22O.2C2H6.CH4/c1-4-6-7-14-8-10-16(20(14,3)5-2)19(25)13-23-18-12-15(24)9-11-17(18)21-22-23;1-10-5-4-7-11(2,8-6-10)9-12-3;2*1-2;/h9,11-12,14,16,24H,4-8,10,13H2,1-3H3;10H,4-9H2,1-3H3;2*1-2H3;1H4. The lowest BCUT2D eigenvalue weighted by Crippen LogP contribution is -2.35. The Balaban J connectivity index is 0.000000836. The highest BCUT2D eigenvalue weighted by atomic mass is 16.5. The second kappa shape index (κ2) is 20.1. The quantitative estimate of drug-likeness (QED) is 0.294. The fourth-order valence-corrected chi connectivity index (χ4v) is 6.86. The van der Waals surface area contributed by atoms with Crippen LogP contribution in [0.2, 0.25) is 0 Å². The molecule has 1 N–H and O–H groups in total. The SMILES string of the molecule is C.CC.CC.CCCCC1CCC(C(=O)Cn2nnc3ccc(O)cc32)C1(C)CC.COCC1(C)CCCC(C)CC1. The van der Waals surface area contributed by atoms with Crippen LogP contribution in [0.15, 0.2) is 18.2 Å². The lowest BCUT2D eigenvalue weighted by atomic mass is 9.69. The molecular weight excluding hydrogens is 522 g/mol. The third kappa shape index (κ3) is 11.0. The zero-order valence-electron chi connectivity index (χ0n) is 28.3. The van der Waals surface area contributed by atoms with Gasteiger partial charge in [0.15, 0.2) is 5.78 Å². The molecule has 0 saturated heterocycles. The Kier molecular flexibility index (Phi) is 19.2. The Bertz CT molecular complexity index is 1010. The van der Waals surface area contributed by atoms with Crippen LogP contribution in [0.3, 0.4) is 0 Å². The van der Waals surface area contributed by atoms with Crippen molar-refractivity contribution in [2.45, 2.75) is 147 Å². The average Bonchev–Trinajstić information content (AvgIpc) is 3.47. The molecule has 6 heteroatoms. The van der Waals surface area contributed by atoms with Gasteiger partial charge in [-0.15, -0.1) is 5.10 Å². The van der Waals surface area contributed by atoms with Crippen LogP contribution in [0.1, 0.15) is 140 Å². The van der Waals surface area contributed by atoms with Crippen LogP contribution in [0, 0.1) is 28.6 Å². The van der Waals surface area contributed by atoms with Gasteiger partial charge in [-0.1, -0.05) is 107 Å². The van der Waals surface area contributed by atoms with Gasteiger partial charge in [0.2, 0.25) is 0 Å². The van der Waals surface area contributed by atoms with Gasteiger partial charge in [0.05, 0.1) is 12.1 Å². The molecule has 0 radical (unpaired) electrons. The second-order valence-electron chi connectivity index (χ2n) is 12.5. The summed E-state index contributed by atoms with van der Waals surface area (Å²) in [5.41, 5.74) is 1.98. The van der Waals surface area contributed by atoms with Gasteiger partial charge in [-0.05, 0) is 73.3 Å². The van der Waals surface area contributed by atoms with E-state index in [-0.39, 0.29) is 36.8 Å². The number of nitrogens with zero attached hydrogens (tertiary/aromatic N) is 3. The number of unbranched alkanes of at least 4 members (excludes halogenated alkanes) is 1. The average molecular weight is 590 g/mol. The highest BCUT2D eigenvalue weighted by molar-refractivity contribution is 5.84. The summed E-state index contributed by atoms with van der Waals surface area (Å²) in [5, 5.41) is 17.9. The molecule has 0 bridgehead atoms. The van der Waals surface area contributed by atoms with Crippen molar-refractivity contribution >= 4 is 16.8 Å². The number of carbonyl (C=O) groups is 1. The van der Waals surface area contributed by atoms with Crippen molar-refractivity contribution in [1.82, 2.24) is 15.0 Å². The van der Waals surface area contributed by atoms with Gasteiger partial charge in [0.1, 0.15) is 17.8 Å². The van der Waals surface area contributed by atoms with E-state index in [9.17, 15) is 9.90 Å². The molecule has 6 nitrogen and oxygen atoms in total. The number of ketones is 1. The van der Waals surface area contributed by atoms with Crippen molar-refractivity contribution in [2.75, 3.05) is 13.7 Å². The fourth-order valence-electron chi connectivity index (χ4n) is 6.86. The van der Waals surface area contributed by atoms with Gasteiger partial charge in [-0.25, -0.2) is 4.68 Å². The molecule has 2 aliphatic carbocycles. The van der Waals surface area contributed by atoms with Gasteiger partial charge < -0.3 is 9.84 Å². The number of aromatic hydroxyl groups is 1. The highest BCUT2D eigenvalue weighted by Gasteiger charge is 2.47. The summed E-state index contributed by atoms with van der Waals surface area (Å²) in [6.45, 7) is 20.7. The number of fused-ring (bicyclic) bond motifs is 1. The molecule has 0 spiro atoms. The molecule has 1 heterocycles. The number of rotatable bonds is 9. The van der Waals surface area contributed by atoms with Crippen molar-refractivity contribution in [3.8, 4) is 5.75 Å². The number of methoxy groups -OCH3 is 1. The summed E-state index contributed by atoms with van der Waals surface area (Å²) < 4.78 is 6.91. The molecule has 2 aromatic rings. The molecule has 0 aliphatic heterocycles. The summed E-state index contributed by atoms with van der Waals surface area (Å²) in [6, 6.07) is 4.94. The van der Waals surface area contributed by atoms with Gasteiger partial charge in [-0.2, -0.15) is 0 Å². The van der Waals surface area contributed by atoms with Crippen LogP contribution in [-0.2, 0) is 16.1 Å². The summed E-state index contributed by atoms with van der Waals surface area (Å²) in [4.78, 5) is 13.1. The van der Waals surface area contributed by atoms with Gasteiger partial charge >= 0.3 is 0 Å². The number of phenolic OH excluding ortho intramolecular Hbond substituents is 1. The number of aromatic nitrogens is 3. The number of Topliss-reactive ketones (excluding diaryl/α,β-unsaturated/α-hetero) is 1. The highest BCUT2D eigenvalue weighted by Crippen LogP contribution is 2.52. The normalized spacial score (nSPS) is 26.8. The molecule has 244 valence electrons. The summed E-state index contributed by atoms with van der Waals surface area (Å²) in [6.07, 6.45) is 13.8. The predicted molar refractivity (Wildman–Crippen MR) is 180 cm³/mol. The van der Waals surface area contributed by atoms with E-state index in [1.807, 2.05) is 34.8 Å². The topological polar surface area (TPSA) is 77.2 Å². The van der Waals surface area contributed by atoms with E-state index in [2.05, 4.69) is 44.9 Å². The number of carbonyl (C=O) groups excluding carboxylic acids is 1. The van der Waals surface area contributed by atoms with E-state index >= 15 is 0 Å². The van der Waals surface area contributed by atoms with Crippen molar-refractivity contribution in [1.29, 1.82) is 0 Å². The lowest BCUT2D eigenvalue weighted by Gasteiger charge is -2.35. The van der Waals surface area contributed by atoms with Crippen LogP contribution in [0.5, 0.6) is 5.75 Å². The first-order chi connectivity index (χ1) is 19.7. The lowest BCUT2D eigenvalue weighted by molar-refractivity contribution is -0.127. The zero-order valence-corrected chi connectivity index (χ0v) is 28.3. The van der Waals surface area contributed by atoms with Crippen LogP contribution < -0.4 is 0 Å². The Labute approximate surface area is 259 Å². The first-order valence-electron chi connectivity index (χ1n) is 16.7. The number of ether oxygens (including phenoxy) is 1. The van der Waals surface area contributed by atoms with E-state index in [1.165, 1.54) is 51.4 Å². The summed E-state index contributed by atoms with van der Waals surface area (Å²) in [5.74, 6) is 2.09. The molecule has 1 aromatic carbocycles. The second-order valence-corrected chi connectivity index (χ2v) is 12.5. The maximum atomic E-state index is 13.1. The van der Waals surface area contributed by atoms with Crippen molar-refractivity contribution in [3.05, 3.63) is 18.2 Å². The molecule has 1 aromatic heterocycles. The smallest absolute Gasteiger partial charge is 0.157 e. The molecule has 2 saturated carbocycles. The van der Waals surface area contributed by atoms with Gasteiger partial charge in [-0.3, -0.25) is 4.79 Å². The number of hydrogen-bond acceptors (Lipinski definition) is 5. The van der Waals surface area contributed by atoms with E-state index in [0.717, 1.165) is 31.8 Å². The van der Waals surface area contributed by atoms with E-state index in [0.29, 0.717) is 22.4 Å². The number of hydrogen-bond donors (Lipinski definition) is 1. The maximum absolute atomic E-state index is 13.1. The molecule has 5 unspecified atom stereocenters.